The Morgan fingerprint density at radius 3 is 2.57 bits per heavy atom. The molecule has 1 rings (SSSR count). The normalized spacial score (nSPS) is 9.29. The van der Waals surface area contributed by atoms with Gasteiger partial charge in [-0.25, -0.2) is 4.98 Å². The van der Waals surface area contributed by atoms with Crippen LogP contribution in [0.4, 0.5) is 5.82 Å². The van der Waals surface area contributed by atoms with Crippen molar-refractivity contribution in [3.05, 3.63) is 22.3 Å². The molecule has 0 aliphatic rings. The zero-order valence-electron chi connectivity index (χ0n) is 11.6. The van der Waals surface area contributed by atoms with Crippen LogP contribution in [0.25, 0.3) is 0 Å². The number of hydrogen-bond donors (Lipinski definition) is 3. The zero-order valence-corrected chi connectivity index (χ0v) is 14.8. The molecule has 1 aromatic heterocycles. The lowest BCUT2D eigenvalue weighted by atomic mass is 10.3. The van der Waals surface area contributed by atoms with Crippen molar-refractivity contribution < 1.29 is 4.79 Å². The van der Waals surface area contributed by atoms with Gasteiger partial charge in [-0.1, -0.05) is 23.2 Å². The van der Waals surface area contributed by atoms with Crippen molar-refractivity contribution in [1.29, 1.82) is 0 Å². The van der Waals surface area contributed by atoms with E-state index < -0.39 is 0 Å². The molecule has 0 saturated heterocycles. The minimum Gasteiger partial charge on any atom is -0.367 e. The fourth-order valence-electron chi connectivity index (χ4n) is 1.44. The Morgan fingerprint density at radius 2 is 1.95 bits per heavy atom. The molecule has 3 N–H and O–H groups in total. The van der Waals surface area contributed by atoms with Crippen molar-refractivity contribution in [2.24, 2.45) is 0 Å². The van der Waals surface area contributed by atoms with Crippen LogP contribution >= 0.6 is 48.0 Å². The number of nitrogens with zero attached hydrogens (tertiary/aromatic N) is 1. The second kappa shape index (κ2) is 13.2. The van der Waals surface area contributed by atoms with Crippen molar-refractivity contribution in [3.8, 4) is 0 Å². The molecule has 1 aromatic rings. The van der Waals surface area contributed by atoms with E-state index in [1.54, 1.807) is 6.07 Å². The highest BCUT2D eigenvalue weighted by Crippen LogP contribution is 2.21. The molecule has 0 radical (unpaired) electrons. The van der Waals surface area contributed by atoms with Crippen LogP contribution in [0.1, 0.15) is 12.8 Å². The van der Waals surface area contributed by atoms with Gasteiger partial charge in [0.05, 0.1) is 10.0 Å². The van der Waals surface area contributed by atoms with Crippen LogP contribution in [0.15, 0.2) is 12.3 Å². The number of aromatic nitrogens is 1. The van der Waals surface area contributed by atoms with Crippen molar-refractivity contribution in [2.45, 2.75) is 12.8 Å². The molecule has 0 saturated carbocycles. The third kappa shape index (κ3) is 9.98. The summed E-state index contributed by atoms with van der Waals surface area (Å²) in [5, 5.41) is 9.81. The summed E-state index contributed by atoms with van der Waals surface area (Å²) in [5.74, 6) is 0.614. The Morgan fingerprint density at radius 1 is 1.24 bits per heavy atom. The second-order valence-corrected chi connectivity index (χ2v) is 4.81. The van der Waals surface area contributed by atoms with Crippen molar-refractivity contribution in [1.82, 2.24) is 15.6 Å². The van der Waals surface area contributed by atoms with Crippen LogP contribution in [-0.2, 0) is 4.79 Å². The lowest BCUT2D eigenvalue weighted by Gasteiger charge is -2.08. The van der Waals surface area contributed by atoms with Gasteiger partial charge in [0, 0.05) is 25.7 Å². The minimum absolute atomic E-state index is 0. The van der Waals surface area contributed by atoms with Gasteiger partial charge < -0.3 is 16.0 Å². The van der Waals surface area contributed by atoms with E-state index in [0.717, 1.165) is 13.0 Å². The first-order chi connectivity index (χ1) is 9.13. The smallest absolute Gasteiger partial charge is 0.220 e. The van der Waals surface area contributed by atoms with Crippen LogP contribution in [0, 0.1) is 0 Å². The number of rotatable bonds is 8. The molecule has 0 aliphatic carbocycles. The number of carbonyl (C=O) groups excluding carboxylic acids is 1. The first-order valence-corrected chi connectivity index (χ1v) is 6.85. The highest BCUT2D eigenvalue weighted by Gasteiger charge is 2.03. The van der Waals surface area contributed by atoms with Gasteiger partial charge in [-0.05, 0) is 26.1 Å². The quantitative estimate of drug-likeness (QED) is 0.609. The molecule has 0 fully saturated rings. The van der Waals surface area contributed by atoms with Gasteiger partial charge in [0.15, 0.2) is 0 Å². The number of amides is 1. The van der Waals surface area contributed by atoms with E-state index in [-0.39, 0.29) is 30.7 Å². The van der Waals surface area contributed by atoms with Crippen LogP contribution in [-0.4, -0.2) is 37.6 Å². The third-order valence-electron chi connectivity index (χ3n) is 2.38. The molecule has 0 unspecified atom stereocenters. The monoisotopic (exact) mass is 376 g/mol. The maximum Gasteiger partial charge on any atom is 0.220 e. The van der Waals surface area contributed by atoms with Crippen molar-refractivity contribution in [3.63, 3.8) is 0 Å². The number of carbonyl (C=O) groups is 1. The molecule has 21 heavy (non-hydrogen) atoms. The van der Waals surface area contributed by atoms with Gasteiger partial charge in [0.25, 0.3) is 0 Å². The largest absolute Gasteiger partial charge is 0.367 e. The van der Waals surface area contributed by atoms with Crippen molar-refractivity contribution in [2.75, 3.05) is 32.0 Å². The lowest BCUT2D eigenvalue weighted by molar-refractivity contribution is -0.121. The standard InChI is InChI=1S/C12H18Cl2N4O.2ClH/c1-15-4-2-3-11(19)16-5-6-17-12-10(14)7-9(13)8-18-12;;/h7-8,15H,2-6H2,1H3,(H,16,19)(H,17,18);2*1H. The molecule has 0 atom stereocenters. The Labute approximate surface area is 147 Å². The summed E-state index contributed by atoms with van der Waals surface area (Å²) in [6.07, 6.45) is 2.88. The summed E-state index contributed by atoms with van der Waals surface area (Å²) in [4.78, 5) is 15.5. The summed E-state index contributed by atoms with van der Waals surface area (Å²) < 4.78 is 0. The van der Waals surface area contributed by atoms with E-state index in [2.05, 4.69) is 20.9 Å². The average molecular weight is 378 g/mol. The number of nitrogens with one attached hydrogen (secondary N) is 3. The third-order valence-corrected chi connectivity index (χ3v) is 2.87. The van der Waals surface area contributed by atoms with Crippen LogP contribution < -0.4 is 16.0 Å². The molecule has 0 aromatic carbocycles. The van der Waals surface area contributed by atoms with Crippen molar-refractivity contribution >= 4 is 59.7 Å². The van der Waals surface area contributed by atoms with Gasteiger partial charge in [0.2, 0.25) is 5.91 Å². The summed E-state index contributed by atoms with van der Waals surface area (Å²) in [6, 6.07) is 1.62. The minimum atomic E-state index is 0. The number of halogens is 4. The van der Waals surface area contributed by atoms with E-state index in [1.807, 2.05) is 7.05 Å². The molecule has 5 nitrogen and oxygen atoms in total. The molecule has 0 bridgehead atoms. The molecule has 0 aliphatic heterocycles. The highest BCUT2D eigenvalue weighted by molar-refractivity contribution is 6.35. The molecular formula is C12H20Cl4N4O. The van der Waals surface area contributed by atoms with E-state index in [4.69, 9.17) is 23.2 Å². The number of anilines is 1. The van der Waals surface area contributed by atoms with Gasteiger partial charge in [0.1, 0.15) is 5.82 Å². The maximum absolute atomic E-state index is 11.4. The fourth-order valence-corrected chi connectivity index (χ4v) is 1.89. The Hall–Kier alpha value is -0.460. The Balaban J connectivity index is 0. The molecule has 1 amide bonds. The Bertz CT molecular complexity index is 420. The van der Waals surface area contributed by atoms with Crippen LogP contribution in [0.2, 0.25) is 10.0 Å². The highest BCUT2D eigenvalue weighted by atomic mass is 35.5. The zero-order chi connectivity index (χ0) is 14.1. The SMILES string of the molecule is CNCCCC(=O)NCCNc1ncc(Cl)cc1Cl.Cl.Cl. The Kier molecular flexibility index (Phi) is 14.4. The molecule has 9 heteroatoms. The van der Waals surface area contributed by atoms with Gasteiger partial charge >= 0.3 is 0 Å². The molecule has 1 heterocycles. The van der Waals surface area contributed by atoms with E-state index in [0.29, 0.717) is 35.4 Å². The lowest BCUT2D eigenvalue weighted by Crippen LogP contribution is -2.29. The number of pyridine rings is 1. The summed E-state index contributed by atoms with van der Waals surface area (Å²) >= 11 is 11.7. The summed E-state index contributed by atoms with van der Waals surface area (Å²) in [6.45, 7) is 1.93. The van der Waals surface area contributed by atoms with Crippen LogP contribution in [0.5, 0.6) is 0 Å². The first-order valence-electron chi connectivity index (χ1n) is 6.09. The van der Waals surface area contributed by atoms with Gasteiger partial charge in [-0.2, -0.15) is 0 Å². The van der Waals surface area contributed by atoms with Gasteiger partial charge in [-0.15, -0.1) is 24.8 Å². The fraction of sp³-hybridized carbons (Fsp3) is 0.500. The predicted octanol–water partition coefficient (Wildman–Crippen LogP) is 2.76. The van der Waals surface area contributed by atoms with Crippen LogP contribution in [0.3, 0.4) is 0 Å². The predicted molar refractivity (Wildman–Crippen MR) is 93.4 cm³/mol. The molecular weight excluding hydrogens is 358 g/mol. The van der Waals surface area contributed by atoms with E-state index in [9.17, 15) is 4.79 Å². The van der Waals surface area contributed by atoms with E-state index >= 15 is 0 Å². The molecule has 0 spiro atoms. The molecule has 122 valence electrons. The maximum atomic E-state index is 11.4. The van der Waals surface area contributed by atoms with Gasteiger partial charge in [-0.3, -0.25) is 4.79 Å². The average Bonchev–Trinajstić information content (AvgIpc) is 2.37. The summed E-state index contributed by atoms with van der Waals surface area (Å²) in [7, 11) is 1.87. The topological polar surface area (TPSA) is 66.1 Å². The first kappa shape index (κ1) is 22.8. The second-order valence-electron chi connectivity index (χ2n) is 3.97. The van der Waals surface area contributed by atoms with E-state index in [1.165, 1.54) is 6.20 Å². The number of hydrogen-bond acceptors (Lipinski definition) is 4. The summed E-state index contributed by atoms with van der Waals surface area (Å²) in [5.41, 5.74) is 0.